The number of carbonyl (C=O) groups is 1. The molecule has 2 aromatic rings. The van der Waals surface area contributed by atoms with Crippen LogP contribution in [0.15, 0.2) is 18.2 Å². The van der Waals surface area contributed by atoms with Gasteiger partial charge in [0.2, 0.25) is 5.91 Å². The molecule has 0 radical (unpaired) electrons. The molecule has 2 aliphatic heterocycles. The number of hydrogen-bond acceptors (Lipinski definition) is 6. The molecule has 5 rings (SSSR count). The number of aromatic nitrogens is 2. The van der Waals surface area contributed by atoms with Crippen LogP contribution in [0, 0.1) is 12.7 Å². The van der Waals surface area contributed by atoms with Gasteiger partial charge in [0.25, 0.3) is 6.43 Å². The Morgan fingerprint density at radius 3 is 2.37 bits per heavy atom. The molecule has 1 aromatic carbocycles. The van der Waals surface area contributed by atoms with Crippen molar-refractivity contribution in [3.05, 3.63) is 52.2 Å². The second-order valence-electron chi connectivity index (χ2n) is 11.0. The normalized spacial score (nSPS) is 20.8. The van der Waals surface area contributed by atoms with Gasteiger partial charge in [0, 0.05) is 11.1 Å². The standard InChI is InChI=1S/C26H29F5N4O3/c1-13(15-6-5-7-17(18(15)27)26(30,31)23(3,4)37)32-20-16-10-35(25(8-9-25)21(28)29)22(36)24(11-38-12-24)19(16)33-14(2)34-20/h5-7,13,21,37H,8-12H2,1-4H3,(H,32,33,34)/t13-/m1/s1. The Bertz CT molecular complexity index is 1290. The Kier molecular flexibility index (Phi) is 6.03. The zero-order valence-corrected chi connectivity index (χ0v) is 21.4. The van der Waals surface area contributed by atoms with E-state index in [9.17, 15) is 27.5 Å². The number of halogens is 5. The van der Waals surface area contributed by atoms with E-state index < -0.39 is 52.2 Å². The van der Waals surface area contributed by atoms with Gasteiger partial charge in [-0.15, -0.1) is 0 Å². The first-order valence-corrected chi connectivity index (χ1v) is 12.4. The number of nitrogens with zero attached hydrogens (tertiary/aromatic N) is 3. The quantitative estimate of drug-likeness (QED) is 0.508. The molecule has 1 atom stereocenters. The molecule has 1 aromatic heterocycles. The average Bonchev–Trinajstić information content (AvgIpc) is 3.59. The van der Waals surface area contributed by atoms with Crippen molar-refractivity contribution in [2.75, 3.05) is 18.5 Å². The van der Waals surface area contributed by atoms with Crippen LogP contribution in [0.25, 0.3) is 0 Å². The number of alkyl halides is 4. The van der Waals surface area contributed by atoms with E-state index in [-0.39, 0.29) is 44.0 Å². The van der Waals surface area contributed by atoms with Crippen molar-refractivity contribution in [1.29, 1.82) is 0 Å². The first-order valence-electron chi connectivity index (χ1n) is 12.4. The highest BCUT2D eigenvalue weighted by Crippen LogP contribution is 2.53. The van der Waals surface area contributed by atoms with Gasteiger partial charge < -0.3 is 20.1 Å². The summed E-state index contributed by atoms with van der Waals surface area (Å²) in [4.78, 5) is 23.6. The number of amides is 1. The maximum atomic E-state index is 15.4. The van der Waals surface area contributed by atoms with Gasteiger partial charge in [-0.25, -0.2) is 23.1 Å². The molecule has 0 bridgehead atoms. The largest absolute Gasteiger partial charge is 0.384 e. The van der Waals surface area contributed by atoms with E-state index in [1.165, 1.54) is 17.0 Å². The van der Waals surface area contributed by atoms with Crippen LogP contribution in [-0.2, 0) is 27.4 Å². The monoisotopic (exact) mass is 540 g/mol. The number of ether oxygens (including phenoxy) is 1. The van der Waals surface area contributed by atoms with Crippen LogP contribution in [0.4, 0.5) is 27.8 Å². The van der Waals surface area contributed by atoms with Gasteiger partial charge in [-0.2, -0.15) is 8.78 Å². The second-order valence-corrected chi connectivity index (χ2v) is 11.0. The van der Waals surface area contributed by atoms with Crippen LogP contribution in [0.5, 0.6) is 0 Å². The summed E-state index contributed by atoms with van der Waals surface area (Å²) < 4.78 is 78.5. The van der Waals surface area contributed by atoms with Crippen LogP contribution >= 0.6 is 0 Å². The first-order chi connectivity index (χ1) is 17.7. The Hall–Kier alpha value is -2.86. The van der Waals surface area contributed by atoms with E-state index in [0.717, 1.165) is 19.9 Å². The molecule has 3 heterocycles. The highest BCUT2D eigenvalue weighted by molar-refractivity contribution is 5.92. The minimum atomic E-state index is -3.87. The molecule has 7 nitrogen and oxygen atoms in total. The van der Waals surface area contributed by atoms with E-state index in [0.29, 0.717) is 17.1 Å². The highest BCUT2D eigenvalue weighted by atomic mass is 19.3. The number of aryl methyl sites for hydroxylation is 1. The number of anilines is 1. The SMILES string of the molecule is Cc1nc(N[C@H](C)c2cccc(C(F)(F)C(C)(C)O)c2F)c2c(n1)C1(COC1)C(=O)N(C1(C(F)F)CC1)C2. The van der Waals surface area contributed by atoms with Crippen LogP contribution < -0.4 is 5.32 Å². The third kappa shape index (κ3) is 3.78. The number of rotatable bonds is 7. The number of hydrogen-bond donors (Lipinski definition) is 2. The summed E-state index contributed by atoms with van der Waals surface area (Å²) in [5.41, 5.74) is -5.56. The zero-order chi connectivity index (χ0) is 27.8. The average molecular weight is 541 g/mol. The van der Waals surface area contributed by atoms with Crippen molar-refractivity contribution in [1.82, 2.24) is 14.9 Å². The highest BCUT2D eigenvalue weighted by Gasteiger charge is 2.64. The minimum absolute atomic E-state index is 0.0111. The lowest BCUT2D eigenvalue weighted by Gasteiger charge is -2.49. The molecule has 38 heavy (non-hydrogen) atoms. The molecular weight excluding hydrogens is 511 g/mol. The fraction of sp³-hybridized carbons (Fsp3) is 0.577. The summed E-state index contributed by atoms with van der Waals surface area (Å²) in [6.45, 7) is 4.75. The summed E-state index contributed by atoms with van der Waals surface area (Å²) in [7, 11) is 0. The predicted molar refractivity (Wildman–Crippen MR) is 126 cm³/mol. The Morgan fingerprint density at radius 1 is 1.18 bits per heavy atom. The summed E-state index contributed by atoms with van der Waals surface area (Å²) in [5, 5.41) is 13.0. The Balaban J connectivity index is 1.55. The van der Waals surface area contributed by atoms with Gasteiger partial charge in [0.05, 0.1) is 37.1 Å². The fourth-order valence-electron chi connectivity index (χ4n) is 5.25. The lowest BCUT2D eigenvalue weighted by molar-refractivity contribution is -0.170. The summed E-state index contributed by atoms with van der Waals surface area (Å²) in [5.74, 6) is -5.02. The lowest BCUT2D eigenvalue weighted by Crippen LogP contribution is -2.65. The van der Waals surface area contributed by atoms with Crippen molar-refractivity contribution in [3.63, 3.8) is 0 Å². The molecule has 2 fully saturated rings. The molecule has 2 N–H and O–H groups in total. The van der Waals surface area contributed by atoms with Gasteiger partial charge in [-0.05, 0) is 46.6 Å². The molecule has 3 aliphatic rings. The maximum absolute atomic E-state index is 15.4. The van der Waals surface area contributed by atoms with Gasteiger partial charge in [0.1, 0.15) is 34.0 Å². The number of fused-ring (bicyclic) bond motifs is 2. The molecular formula is C26H29F5N4O3. The number of nitrogens with one attached hydrogen (secondary N) is 1. The van der Waals surface area contributed by atoms with Crippen LogP contribution in [0.3, 0.4) is 0 Å². The topological polar surface area (TPSA) is 87.6 Å². The maximum Gasteiger partial charge on any atom is 0.303 e. The second kappa shape index (κ2) is 8.57. The van der Waals surface area contributed by atoms with Crippen LogP contribution in [0.2, 0.25) is 0 Å². The molecule has 1 saturated carbocycles. The number of benzene rings is 1. The Labute approximate surface area is 216 Å². The van der Waals surface area contributed by atoms with Crippen molar-refractivity contribution >= 4 is 11.7 Å². The van der Waals surface area contributed by atoms with Gasteiger partial charge >= 0.3 is 5.92 Å². The molecule has 1 spiro atoms. The van der Waals surface area contributed by atoms with E-state index in [2.05, 4.69) is 15.3 Å². The molecule has 1 saturated heterocycles. The Morgan fingerprint density at radius 2 is 1.84 bits per heavy atom. The van der Waals surface area contributed by atoms with E-state index in [1.807, 2.05) is 0 Å². The van der Waals surface area contributed by atoms with E-state index >= 15 is 4.39 Å². The van der Waals surface area contributed by atoms with E-state index in [1.54, 1.807) is 13.8 Å². The van der Waals surface area contributed by atoms with Gasteiger partial charge in [-0.3, -0.25) is 4.79 Å². The third-order valence-electron chi connectivity index (χ3n) is 7.90. The minimum Gasteiger partial charge on any atom is -0.384 e. The van der Waals surface area contributed by atoms with Crippen molar-refractivity contribution in [2.45, 2.75) is 82.0 Å². The van der Waals surface area contributed by atoms with Crippen LogP contribution in [-0.4, -0.2) is 56.7 Å². The number of aliphatic hydroxyl groups is 1. The van der Waals surface area contributed by atoms with E-state index in [4.69, 9.17) is 4.74 Å². The smallest absolute Gasteiger partial charge is 0.303 e. The summed E-state index contributed by atoms with van der Waals surface area (Å²) in [6, 6.07) is 2.64. The molecule has 1 amide bonds. The number of carbonyl (C=O) groups excluding carboxylic acids is 1. The first kappa shape index (κ1) is 26.7. The third-order valence-corrected chi connectivity index (χ3v) is 7.90. The van der Waals surface area contributed by atoms with Crippen molar-refractivity contribution in [3.8, 4) is 0 Å². The molecule has 0 unspecified atom stereocenters. The fourth-order valence-corrected chi connectivity index (χ4v) is 5.25. The zero-order valence-electron chi connectivity index (χ0n) is 21.4. The summed E-state index contributed by atoms with van der Waals surface area (Å²) >= 11 is 0. The summed E-state index contributed by atoms with van der Waals surface area (Å²) in [6.07, 6.45) is -2.40. The molecule has 1 aliphatic carbocycles. The lowest BCUT2D eigenvalue weighted by atomic mass is 9.75. The van der Waals surface area contributed by atoms with Gasteiger partial charge in [0.15, 0.2) is 0 Å². The van der Waals surface area contributed by atoms with Crippen molar-refractivity contribution < 1.29 is 36.6 Å². The predicted octanol–water partition coefficient (Wildman–Crippen LogP) is 4.37. The molecule has 206 valence electrons. The van der Waals surface area contributed by atoms with Crippen molar-refractivity contribution in [2.24, 2.45) is 0 Å². The van der Waals surface area contributed by atoms with Crippen LogP contribution in [0.1, 0.15) is 67.9 Å². The van der Waals surface area contributed by atoms with Gasteiger partial charge in [-0.1, -0.05) is 12.1 Å². The molecule has 12 heteroatoms.